The van der Waals surface area contributed by atoms with Crippen LogP contribution in [0, 0.1) is 5.82 Å². The van der Waals surface area contributed by atoms with E-state index in [1.165, 1.54) is 29.2 Å². The highest BCUT2D eigenvalue weighted by Gasteiger charge is 2.37. The third-order valence-corrected chi connectivity index (χ3v) is 7.54. The van der Waals surface area contributed by atoms with Gasteiger partial charge in [0.1, 0.15) is 5.82 Å². The predicted molar refractivity (Wildman–Crippen MR) is 108 cm³/mol. The molecule has 2 saturated heterocycles. The summed E-state index contributed by atoms with van der Waals surface area (Å²) in [7, 11) is -3.12. The number of sulfone groups is 1. The van der Waals surface area contributed by atoms with E-state index >= 15 is 0 Å². The highest BCUT2D eigenvalue weighted by Crippen LogP contribution is 2.32. The summed E-state index contributed by atoms with van der Waals surface area (Å²) >= 11 is 0.745. The van der Waals surface area contributed by atoms with E-state index in [9.17, 15) is 27.2 Å². The van der Waals surface area contributed by atoms with E-state index in [4.69, 9.17) is 0 Å². The number of hydrogen-bond acceptors (Lipinski definition) is 6. The van der Waals surface area contributed by atoms with Gasteiger partial charge >= 0.3 is 0 Å². The van der Waals surface area contributed by atoms with E-state index in [0.29, 0.717) is 18.5 Å². The number of benzene rings is 1. The van der Waals surface area contributed by atoms with Crippen LogP contribution in [0.3, 0.4) is 0 Å². The molecule has 3 rings (SSSR count). The minimum Gasteiger partial charge on any atom is -0.339 e. The van der Waals surface area contributed by atoms with Crippen LogP contribution in [0.1, 0.15) is 25.3 Å². The van der Waals surface area contributed by atoms with Gasteiger partial charge < -0.3 is 4.90 Å². The van der Waals surface area contributed by atoms with Crippen LogP contribution in [0.25, 0.3) is 6.08 Å². The fourth-order valence-electron chi connectivity index (χ4n) is 3.45. The minimum atomic E-state index is -3.12. The standard InChI is InChI=1S/C19H21FN2O5S2/c1-2-21(15-7-9-29(26,27)12-15)17(23)6-8-22-18(24)16(28-19(22)25)11-13-4-3-5-14(20)10-13/h3-5,10-11,15H,2,6-9,12H2,1H3/b16-11+/t15-/m0/s1. The van der Waals surface area contributed by atoms with Gasteiger partial charge in [-0.2, -0.15) is 0 Å². The van der Waals surface area contributed by atoms with Gasteiger partial charge in [0.05, 0.1) is 16.4 Å². The molecule has 0 saturated carbocycles. The number of thioether (sulfide) groups is 1. The summed E-state index contributed by atoms with van der Waals surface area (Å²) in [5.41, 5.74) is 0.464. The molecule has 1 aromatic carbocycles. The summed E-state index contributed by atoms with van der Waals surface area (Å²) in [6.07, 6.45) is 1.77. The first kappa shape index (κ1) is 21.5. The number of imide groups is 1. The van der Waals surface area contributed by atoms with Crippen LogP contribution in [-0.4, -0.2) is 65.9 Å². The molecule has 0 bridgehead atoms. The predicted octanol–water partition coefficient (Wildman–Crippen LogP) is 2.29. The number of rotatable bonds is 6. The summed E-state index contributed by atoms with van der Waals surface area (Å²) in [5.74, 6) is -1.25. The summed E-state index contributed by atoms with van der Waals surface area (Å²) in [6.45, 7) is 2.05. The zero-order chi connectivity index (χ0) is 21.2. The van der Waals surface area contributed by atoms with Crippen molar-refractivity contribution in [3.05, 3.63) is 40.6 Å². The molecule has 0 spiro atoms. The Morgan fingerprint density at radius 1 is 1.38 bits per heavy atom. The Hall–Kier alpha value is -2.20. The highest BCUT2D eigenvalue weighted by atomic mass is 32.2. The topological polar surface area (TPSA) is 91.8 Å². The van der Waals surface area contributed by atoms with Gasteiger partial charge in [-0.1, -0.05) is 12.1 Å². The quantitative estimate of drug-likeness (QED) is 0.631. The van der Waals surface area contributed by atoms with Gasteiger partial charge in [-0.3, -0.25) is 19.3 Å². The van der Waals surface area contributed by atoms with Gasteiger partial charge in [0.25, 0.3) is 11.1 Å². The molecule has 3 amide bonds. The third kappa shape index (κ3) is 5.05. The largest absolute Gasteiger partial charge is 0.339 e. The Kier molecular flexibility index (Phi) is 6.42. The molecule has 156 valence electrons. The van der Waals surface area contributed by atoms with Crippen molar-refractivity contribution in [2.45, 2.75) is 25.8 Å². The Morgan fingerprint density at radius 2 is 2.14 bits per heavy atom. The van der Waals surface area contributed by atoms with Crippen molar-refractivity contribution in [1.82, 2.24) is 9.80 Å². The Bertz CT molecular complexity index is 977. The Labute approximate surface area is 172 Å². The lowest BCUT2D eigenvalue weighted by atomic mass is 10.2. The number of hydrogen-bond donors (Lipinski definition) is 0. The van der Waals surface area contributed by atoms with E-state index in [1.807, 2.05) is 0 Å². The van der Waals surface area contributed by atoms with Gasteiger partial charge in [0, 0.05) is 25.6 Å². The van der Waals surface area contributed by atoms with Gasteiger partial charge in [-0.05, 0) is 48.9 Å². The van der Waals surface area contributed by atoms with Crippen molar-refractivity contribution in [3.8, 4) is 0 Å². The van der Waals surface area contributed by atoms with E-state index in [0.717, 1.165) is 16.7 Å². The molecule has 2 heterocycles. The molecular weight excluding hydrogens is 419 g/mol. The molecule has 0 N–H and O–H groups in total. The Balaban J connectivity index is 1.63. The van der Waals surface area contributed by atoms with E-state index < -0.39 is 26.8 Å². The summed E-state index contributed by atoms with van der Waals surface area (Å²) < 4.78 is 36.7. The lowest BCUT2D eigenvalue weighted by Crippen LogP contribution is -2.42. The second-order valence-electron chi connectivity index (χ2n) is 6.87. The molecule has 10 heteroatoms. The molecule has 0 aliphatic carbocycles. The summed E-state index contributed by atoms with van der Waals surface area (Å²) in [6, 6.07) is 5.30. The van der Waals surface area contributed by atoms with Crippen LogP contribution in [0.4, 0.5) is 9.18 Å². The average Bonchev–Trinajstić information content (AvgIpc) is 3.13. The highest BCUT2D eigenvalue weighted by molar-refractivity contribution is 8.18. The fraction of sp³-hybridized carbons (Fsp3) is 0.421. The van der Waals surface area contributed by atoms with E-state index in [1.54, 1.807) is 13.0 Å². The monoisotopic (exact) mass is 440 g/mol. The SMILES string of the molecule is CCN(C(=O)CCN1C(=O)S/C(=C/c2cccc(F)c2)C1=O)[C@H]1CCS(=O)(=O)C1. The van der Waals surface area contributed by atoms with Crippen LogP contribution in [0.5, 0.6) is 0 Å². The van der Waals surface area contributed by atoms with Crippen molar-refractivity contribution >= 4 is 44.7 Å². The van der Waals surface area contributed by atoms with Crippen molar-refractivity contribution in [3.63, 3.8) is 0 Å². The molecule has 2 aliphatic rings. The molecule has 2 fully saturated rings. The molecule has 0 unspecified atom stereocenters. The maximum absolute atomic E-state index is 13.3. The maximum Gasteiger partial charge on any atom is 0.293 e. The molecule has 2 aliphatic heterocycles. The normalized spacial score (nSPS) is 22.5. The number of nitrogens with zero attached hydrogens (tertiary/aromatic N) is 2. The van der Waals surface area contributed by atoms with Crippen LogP contribution in [-0.2, 0) is 19.4 Å². The Morgan fingerprint density at radius 3 is 2.76 bits per heavy atom. The molecule has 0 aromatic heterocycles. The number of carbonyl (C=O) groups is 3. The molecule has 7 nitrogen and oxygen atoms in total. The van der Waals surface area contributed by atoms with E-state index in [-0.39, 0.29) is 41.3 Å². The first-order chi connectivity index (χ1) is 13.7. The number of halogens is 1. The average molecular weight is 441 g/mol. The van der Waals surface area contributed by atoms with Crippen molar-refractivity contribution < 1.29 is 27.2 Å². The zero-order valence-corrected chi connectivity index (χ0v) is 17.5. The first-order valence-electron chi connectivity index (χ1n) is 9.21. The van der Waals surface area contributed by atoms with E-state index in [2.05, 4.69) is 0 Å². The van der Waals surface area contributed by atoms with Crippen molar-refractivity contribution in [1.29, 1.82) is 0 Å². The number of amides is 3. The third-order valence-electron chi connectivity index (χ3n) is 4.88. The maximum atomic E-state index is 13.3. The smallest absolute Gasteiger partial charge is 0.293 e. The first-order valence-corrected chi connectivity index (χ1v) is 11.8. The second-order valence-corrected chi connectivity index (χ2v) is 10.1. The molecule has 0 radical (unpaired) electrons. The van der Waals surface area contributed by atoms with Crippen LogP contribution in [0.15, 0.2) is 29.2 Å². The van der Waals surface area contributed by atoms with Gasteiger partial charge in [-0.15, -0.1) is 0 Å². The molecule has 1 aromatic rings. The van der Waals surface area contributed by atoms with Crippen LogP contribution < -0.4 is 0 Å². The van der Waals surface area contributed by atoms with Gasteiger partial charge in [0.15, 0.2) is 9.84 Å². The minimum absolute atomic E-state index is 0.0511. The summed E-state index contributed by atoms with van der Waals surface area (Å²) in [5, 5.41) is -0.489. The molecule has 1 atom stereocenters. The van der Waals surface area contributed by atoms with Crippen molar-refractivity contribution in [2.75, 3.05) is 24.6 Å². The van der Waals surface area contributed by atoms with Crippen molar-refractivity contribution in [2.24, 2.45) is 0 Å². The second kappa shape index (κ2) is 8.66. The summed E-state index contributed by atoms with van der Waals surface area (Å²) in [4.78, 5) is 40.0. The lowest BCUT2D eigenvalue weighted by molar-refractivity contribution is -0.133. The van der Waals surface area contributed by atoms with Crippen LogP contribution >= 0.6 is 11.8 Å². The lowest BCUT2D eigenvalue weighted by Gasteiger charge is -2.27. The molecular formula is C19H21FN2O5S2. The van der Waals surface area contributed by atoms with Gasteiger partial charge in [-0.25, -0.2) is 12.8 Å². The fourth-order valence-corrected chi connectivity index (χ4v) is 6.05. The number of carbonyl (C=O) groups excluding carboxylic acids is 3. The molecule has 29 heavy (non-hydrogen) atoms. The zero-order valence-electron chi connectivity index (χ0n) is 15.8. The van der Waals surface area contributed by atoms with Crippen LogP contribution in [0.2, 0.25) is 0 Å². The van der Waals surface area contributed by atoms with Gasteiger partial charge in [0.2, 0.25) is 5.91 Å².